The fourth-order valence-corrected chi connectivity index (χ4v) is 3.14. The van der Waals surface area contributed by atoms with Gasteiger partial charge in [0.25, 0.3) is 0 Å². The van der Waals surface area contributed by atoms with Crippen molar-refractivity contribution in [3.05, 3.63) is 11.6 Å². The van der Waals surface area contributed by atoms with Crippen molar-refractivity contribution in [2.75, 3.05) is 0 Å². The number of hydrogen-bond acceptors (Lipinski definition) is 0. The summed E-state index contributed by atoms with van der Waals surface area (Å²) in [6, 6.07) is 0. The maximum absolute atomic E-state index is 2.49. The van der Waals surface area contributed by atoms with E-state index in [9.17, 15) is 0 Å². The summed E-state index contributed by atoms with van der Waals surface area (Å²) in [6.45, 7) is 6.92. The Morgan fingerprint density at radius 2 is 1.77 bits per heavy atom. The van der Waals surface area contributed by atoms with Crippen molar-refractivity contribution in [3.63, 3.8) is 0 Å². The van der Waals surface area contributed by atoms with Crippen molar-refractivity contribution in [1.82, 2.24) is 0 Å². The topological polar surface area (TPSA) is 0 Å². The smallest absolute Gasteiger partial charge is 0.0286 e. The first kappa shape index (κ1) is 9.30. The van der Waals surface area contributed by atoms with Crippen molar-refractivity contribution < 1.29 is 0 Å². The summed E-state index contributed by atoms with van der Waals surface area (Å²) in [5, 5.41) is 0. The molecule has 0 saturated heterocycles. The Morgan fingerprint density at radius 1 is 1.23 bits per heavy atom. The van der Waals surface area contributed by atoms with Crippen LogP contribution < -0.4 is 0 Å². The summed E-state index contributed by atoms with van der Waals surface area (Å²) >= 11 is 0. The highest BCUT2D eigenvalue weighted by molar-refractivity contribution is 5.03. The minimum Gasteiger partial charge on any atom is -0.0853 e. The second kappa shape index (κ2) is 3.15. The third-order valence-corrected chi connectivity index (χ3v) is 4.09. The lowest BCUT2D eigenvalue weighted by atomic mass is 9.77. The summed E-state index contributed by atoms with van der Waals surface area (Å²) in [6.07, 6.45) is 9.81. The molecule has 0 aromatic heterocycles. The van der Waals surface area contributed by atoms with Gasteiger partial charge >= 0.3 is 0 Å². The molecule has 13 heavy (non-hydrogen) atoms. The number of hydrogen-bond donors (Lipinski definition) is 0. The second-order valence-electron chi connectivity index (χ2n) is 5.80. The molecule has 1 unspecified atom stereocenters. The molecular formula is C13H22. The van der Waals surface area contributed by atoms with E-state index in [1.54, 1.807) is 0 Å². The Bertz CT molecular complexity index is 208. The number of fused-ring (bicyclic) bond motifs is 1. The molecule has 0 aromatic carbocycles. The maximum atomic E-state index is 2.49. The van der Waals surface area contributed by atoms with Crippen LogP contribution in [0.1, 0.15) is 52.9 Å². The summed E-state index contributed by atoms with van der Waals surface area (Å²) in [5.74, 6) is 2.21. The first-order chi connectivity index (χ1) is 6.09. The monoisotopic (exact) mass is 178 g/mol. The van der Waals surface area contributed by atoms with Crippen LogP contribution >= 0.6 is 0 Å². The molecular weight excluding hydrogens is 156 g/mol. The molecule has 0 heterocycles. The van der Waals surface area contributed by atoms with Crippen LogP contribution in [-0.2, 0) is 0 Å². The van der Waals surface area contributed by atoms with Crippen LogP contribution in [0.3, 0.4) is 0 Å². The highest BCUT2D eigenvalue weighted by Gasteiger charge is 2.45. The Labute approximate surface area is 82.4 Å². The van der Waals surface area contributed by atoms with Gasteiger partial charge in [-0.2, -0.15) is 0 Å². The minimum atomic E-state index is 0.656. The fourth-order valence-electron chi connectivity index (χ4n) is 3.14. The van der Waals surface area contributed by atoms with Crippen molar-refractivity contribution in [2.24, 2.45) is 17.3 Å². The molecule has 2 saturated carbocycles. The normalized spacial score (nSPS) is 42.4. The molecule has 2 fully saturated rings. The van der Waals surface area contributed by atoms with Crippen molar-refractivity contribution in [3.8, 4) is 0 Å². The van der Waals surface area contributed by atoms with E-state index >= 15 is 0 Å². The van der Waals surface area contributed by atoms with Crippen LogP contribution in [0.4, 0.5) is 0 Å². The summed E-state index contributed by atoms with van der Waals surface area (Å²) in [5.41, 5.74) is 2.14. The van der Waals surface area contributed by atoms with Gasteiger partial charge in [0, 0.05) is 0 Å². The molecule has 0 nitrogen and oxygen atoms in total. The van der Waals surface area contributed by atoms with Crippen molar-refractivity contribution >= 4 is 0 Å². The Hall–Kier alpha value is -0.260. The zero-order valence-electron chi connectivity index (χ0n) is 9.27. The Balaban J connectivity index is 1.94. The van der Waals surface area contributed by atoms with Gasteiger partial charge in [-0.1, -0.05) is 18.6 Å². The molecule has 0 radical (unpaired) electrons. The van der Waals surface area contributed by atoms with Gasteiger partial charge in [0.05, 0.1) is 0 Å². The molecule has 0 N–H and O–H groups in total. The van der Waals surface area contributed by atoms with E-state index in [-0.39, 0.29) is 0 Å². The van der Waals surface area contributed by atoms with E-state index in [2.05, 4.69) is 26.8 Å². The van der Waals surface area contributed by atoms with Gasteiger partial charge in [0.2, 0.25) is 0 Å². The van der Waals surface area contributed by atoms with E-state index in [1.807, 2.05) is 0 Å². The quantitative estimate of drug-likeness (QED) is 0.557. The van der Waals surface area contributed by atoms with Gasteiger partial charge in [0.1, 0.15) is 0 Å². The average Bonchev–Trinajstić information content (AvgIpc) is 2.26. The van der Waals surface area contributed by atoms with Crippen LogP contribution in [0.5, 0.6) is 0 Å². The zero-order valence-corrected chi connectivity index (χ0v) is 9.27. The van der Waals surface area contributed by atoms with Crippen LogP contribution in [-0.4, -0.2) is 0 Å². The SMILES string of the molecule is CC(C)=CCC1(C)C[C@H]2CC[C@H]2C1. The largest absolute Gasteiger partial charge is 0.0853 e. The number of rotatable bonds is 2. The molecule has 0 aromatic rings. The Morgan fingerprint density at radius 3 is 2.15 bits per heavy atom. The first-order valence-electron chi connectivity index (χ1n) is 5.72. The maximum Gasteiger partial charge on any atom is -0.0286 e. The molecule has 2 aliphatic carbocycles. The Kier molecular flexibility index (Phi) is 2.25. The van der Waals surface area contributed by atoms with Crippen LogP contribution in [0, 0.1) is 17.3 Å². The third-order valence-electron chi connectivity index (χ3n) is 4.09. The van der Waals surface area contributed by atoms with Crippen LogP contribution in [0.15, 0.2) is 11.6 Å². The van der Waals surface area contributed by atoms with Gasteiger partial charge < -0.3 is 0 Å². The standard InChI is InChI=1S/C13H22/c1-10(2)6-7-13(3)8-11-4-5-12(11)9-13/h6,11-12H,4-5,7-9H2,1-3H3/t11-,12+,13?. The first-order valence-corrected chi connectivity index (χ1v) is 5.72. The fraction of sp³-hybridized carbons (Fsp3) is 0.846. The lowest BCUT2D eigenvalue weighted by Crippen LogP contribution is -2.18. The molecule has 3 atom stereocenters. The predicted molar refractivity (Wildman–Crippen MR) is 57.6 cm³/mol. The molecule has 0 bridgehead atoms. The average molecular weight is 178 g/mol. The molecule has 2 aliphatic rings. The number of allylic oxidation sites excluding steroid dienone is 2. The third kappa shape index (κ3) is 1.82. The highest BCUT2D eigenvalue weighted by Crippen LogP contribution is 2.56. The van der Waals surface area contributed by atoms with E-state index in [4.69, 9.17) is 0 Å². The van der Waals surface area contributed by atoms with E-state index in [1.165, 1.54) is 37.7 Å². The van der Waals surface area contributed by atoms with E-state index in [0.29, 0.717) is 5.41 Å². The second-order valence-corrected chi connectivity index (χ2v) is 5.80. The van der Waals surface area contributed by atoms with Crippen LogP contribution in [0.25, 0.3) is 0 Å². The highest BCUT2D eigenvalue weighted by atomic mass is 14.5. The van der Waals surface area contributed by atoms with Gasteiger partial charge in [-0.05, 0) is 63.2 Å². The molecule has 2 rings (SSSR count). The zero-order chi connectivity index (χ0) is 9.47. The summed E-state index contributed by atoms with van der Waals surface area (Å²) in [7, 11) is 0. The van der Waals surface area contributed by atoms with Gasteiger partial charge in [-0.25, -0.2) is 0 Å². The predicted octanol–water partition coefficient (Wildman–Crippen LogP) is 4.17. The lowest BCUT2D eigenvalue weighted by molar-refractivity contribution is 0.219. The molecule has 0 spiro atoms. The summed E-state index contributed by atoms with van der Waals surface area (Å²) < 4.78 is 0. The lowest BCUT2D eigenvalue weighted by Gasteiger charge is -2.29. The molecule has 0 aliphatic heterocycles. The molecule has 0 amide bonds. The van der Waals surface area contributed by atoms with E-state index in [0.717, 1.165) is 11.8 Å². The van der Waals surface area contributed by atoms with Crippen LogP contribution in [0.2, 0.25) is 0 Å². The van der Waals surface area contributed by atoms with E-state index < -0.39 is 0 Å². The van der Waals surface area contributed by atoms with Gasteiger partial charge in [-0.3, -0.25) is 0 Å². The van der Waals surface area contributed by atoms with Gasteiger partial charge in [-0.15, -0.1) is 0 Å². The summed E-state index contributed by atoms with van der Waals surface area (Å²) in [4.78, 5) is 0. The van der Waals surface area contributed by atoms with Gasteiger partial charge in [0.15, 0.2) is 0 Å². The molecule has 0 heteroatoms. The van der Waals surface area contributed by atoms with Crippen molar-refractivity contribution in [2.45, 2.75) is 52.9 Å². The minimum absolute atomic E-state index is 0.656. The van der Waals surface area contributed by atoms with Crippen molar-refractivity contribution in [1.29, 1.82) is 0 Å². The molecule has 74 valence electrons.